The van der Waals surface area contributed by atoms with Crippen LogP contribution < -0.4 is 10.0 Å². The monoisotopic (exact) mass is 460 g/mol. The molecule has 10 heteroatoms. The predicted octanol–water partition coefficient (Wildman–Crippen LogP) is 3.35. The third-order valence-electron chi connectivity index (χ3n) is 4.81. The first-order valence-electron chi connectivity index (χ1n) is 10.0. The number of aromatic nitrogens is 2. The molecule has 1 atom stereocenters. The molecule has 2 N–H and O–H groups in total. The summed E-state index contributed by atoms with van der Waals surface area (Å²) < 4.78 is 46.1. The Bertz CT molecular complexity index is 1200. The van der Waals surface area contributed by atoms with E-state index in [1.165, 1.54) is 24.3 Å². The summed E-state index contributed by atoms with van der Waals surface area (Å²) in [5.74, 6) is -0.289. The molecule has 0 spiro atoms. The number of benzene rings is 2. The van der Waals surface area contributed by atoms with Crippen LogP contribution in [0.4, 0.5) is 4.39 Å². The molecule has 0 fully saturated rings. The van der Waals surface area contributed by atoms with Crippen molar-refractivity contribution >= 4 is 15.9 Å². The Labute approximate surface area is 186 Å². The van der Waals surface area contributed by atoms with Gasteiger partial charge in [0.2, 0.25) is 27.6 Å². The zero-order valence-corrected chi connectivity index (χ0v) is 19.1. The number of aryl methyl sites for hydroxylation is 3. The van der Waals surface area contributed by atoms with Crippen molar-refractivity contribution < 1.29 is 22.1 Å². The highest BCUT2D eigenvalue weighted by Crippen LogP contribution is 2.22. The molecule has 1 unspecified atom stereocenters. The highest BCUT2D eigenvalue weighted by molar-refractivity contribution is 7.89. The van der Waals surface area contributed by atoms with Gasteiger partial charge in [-0.1, -0.05) is 22.9 Å². The lowest BCUT2D eigenvalue weighted by Gasteiger charge is -2.13. The SMILES string of the molecule is Cc1cc(C)c(S(=O)(=O)NCCC(=O)NC(C)c2nc(-c3ccc(F)cc3)no2)c(C)c1. The van der Waals surface area contributed by atoms with Gasteiger partial charge in [-0.2, -0.15) is 4.98 Å². The summed E-state index contributed by atoms with van der Waals surface area (Å²) in [5, 5.41) is 6.54. The van der Waals surface area contributed by atoms with Crippen molar-refractivity contribution in [2.24, 2.45) is 0 Å². The minimum absolute atomic E-state index is 0.0572. The Kier molecular flexibility index (Phi) is 7.05. The maximum atomic E-state index is 13.1. The van der Waals surface area contributed by atoms with Crippen LogP contribution in [0.3, 0.4) is 0 Å². The van der Waals surface area contributed by atoms with Crippen molar-refractivity contribution in [3.8, 4) is 11.4 Å². The minimum Gasteiger partial charge on any atom is -0.345 e. The minimum atomic E-state index is -3.74. The zero-order valence-electron chi connectivity index (χ0n) is 18.3. The van der Waals surface area contributed by atoms with Crippen molar-refractivity contribution in [1.82, 2.24) is 20.2 Å². The Morgan fingerprint density at radius 3 is 2.38 bits per heavy atom. The van der Waals surface area contributed by atoms with Gasteiger partial charge < -0.3 is 9.84 Å². The Morgan fingerprint density at radius 1 is 1.12 bits per heavy atom. The fourth-order valence-corrected chi connectivity index (χ4v) is 4.95. The van der Waals surface area contributed by atoms with Crippen LogP contribution in [0.15, 0.2) is 45.8 Å². The van der Waals surface area contributed by atoms with E-state index in [1.807, 2.05) is 6.92 Å². The van der Waals surface area contributed by atoms with E-state index in [0.717, 1.165) is 5.56 Å². The first-order chi connectivity index (χ1) is 15.1. The quantitative estimate of drug-likeness (QED) is 0.533. The molecule has 170 valence electrons. The van der Waals surface area contributed by atoms with E-state index in [-0.39, 0.29) is 41.3 Å². The van der Waals surface area contributed by atoms with E-state index in [4.69, 9.17) is 4.52 Å². The van der Waals surface area contributed by atoms with Gasteiger partial charge in [0, 0.05) is 18.5 Å². The van der Waals surface area contributed by atoms with Gasteiger partial charge in [0.15, 0.2) is 0 Å². The highest BCUT2D eigenvalue weighted by Gasteiger charge is 2.21. The lowest BCUT2D eigenvalue weighted by molar-refractivity contribution is -0.121. The normalized spacial score (nSPS) is 12.5. The molecule has 0 saturated carbocycles. The standard InChI is InChI=1S/C22H25FN4O4S/c1-13-11-14(2)20(15(3)12-13)32(29,30)24-10-9-19(28)25-16(4)22-26-21(27-31-22)17-5-7-18(23)8-6-17/h5-8,11-12,16,24H,9-10H2,1-4H3,(H,25,28). The summed E-state index contributed by atoms with van der Waals surface area (Å²) in [5.41, 5.74) is 2.87. The molecule has 3 rings (SSSR count). The van der Waals surface area contributed by atoms with Crippen LogP contribution in [-0.4, -0.2) is 31.0 Å². The molecule has 0 radical (unpaired) electrons. The van der Waals surface area contributed by atoms with Crippen molar-refractivity contribution in [2.45, 2.75) is 45.1 Å². The van der Waals surface area contributed by atoms with Crippen molar-refractivity contribution in [2.75, 3.05) is 6.54 Å². The fourth-order valence-electron chi connectivity index (χ4n) is 3.46. The third kappa shape index (κ3) is 5.57. The van der Waals surface area contributed by atoms with Crippen LogP contribution >= 0.6 is 0 Å². The molecule has 0 aliphatic carbocycles. The highest BCUT2D eigenvalue weighted by atomic mass is 32.2. The number of hydrogen-bond donors (Lipinski definition) is 2. The molecule has 0 bridgehead atoms. The number of hydrogen-bond acceptors (Lipinski definition) is 6. The van der Waals surface area contributed by atoms with E-state index in [0.29, 0.717) is 16.7 Å². The van der Waals surface area contributed by atoms with E-state index in [9.17, 15) is 17.6 Å². The molecule has 1 heterocycles. The van der Waals surface area contributed by atoms with Crippen molar-refractivity contribution in [3.05, 3.63) is 64.8 Å². The van der Waals surface area contributed by atoms with Gasteiger partial charge in [-0.15, -0.1) is 0 Å². The molecule has 8 nitrogen and oxygen atoms in total. The fraction of sp³-hybridized carbons (Fsp3) is 0.318. The molecule has 0 aliphatic rings. The summed E-state index contributed by atoms with van der Waals surface area (Å²) in [4.78, 5) is 16.7. The number of nitrogens with one attached hydrogen (secondary N) is 2. The first kappa shape index (κ1) is 23.6. The largest absolute Gasteiger partial charge is 0.345 e. The van der Waals surface area contributed by atoms with Crippen LogP contribution in [0.5, 0.6) is 0 Å². The van der Waals surface area contributed by atoms with Crippen LogP contribution in [-0.2, 0) is 14.8 Å². The second kappa shape index (κ2) is 9.58. The molecule has 1 aromatic heterocycles. The van der Waals surface area contributed by atoms with E-state index in [1.54, 1.807) is 32.9 Å². The molecule has 0 aliphatic heterocycles. The van der Waals surface area contributed by atoms with Gasteiger partial charge >= 0.3 is 0 Å². The topological polar surface area (TPSA) is 114 Å². The van der Waals surface area contributed by atoms with Crippen LogP contribution in [0, 0.1) is 26.6 Å². The summed E-state index contributed by atoms with van der Waals surface area (Å²) in [6.45, 7) is 7.00. The number of halogens is 1. The van der Waals surface area contributed by atoms with Gasteiger partial charge in [0.05, 0.1) is 4.90 Å². The summed E-state index contributed by atoms with van der Waals surface area (Å²) in [6.07, 6.45) is -0.0630. The first-order valence-corrected chi connectivity index (χ1v) is 11.5. The average Bonchev–Trinajstić information content (AvgIpc) is 3.17. The van der Waals surface area contributed by atoms with Crippen LogP contribution in [0.25, 0.3) is 11.4 Å². The van der Waals surface area contributed by atoms with Crippen molar-refractivity contribution in [1.29, 1.82) is 0 Å². The van der Waals surface area contributed by atoms with Crippen molar-refractivity contribution in [3.63, 3.8) is 0 Å². The van der Waals surface area contributed by atoms with Crippen LogP contribution in [0.2, 0.25) is 0 Å². The molecule has 2 aromatic carbocycles. The lowest BCUT2D eigenvalue weighted by Crippen LogP contribution is -2.32. The van der Waals surface area contributed by atoms with E-state index in [2.05, 4.69) is 20.2 Å². The molecular formula is C22H25FN4O4S. The second-order valence-corrected chi connectivity index (χ2v) is 9.33. The molecule has 1 amide bonds. The third-order valence-corrected chi connectivity index (χ3v) is 6.58. The maximum absolute atomic E-state index is 13.1. The van der Waals surface area contributed by atoms with Gasteiger partial charge in [-0.25, -0.2) is 17.5 Å². The number of carbonyl (C=O) groups excluding carboxylic acids is 1. The number of carbonyl (C=O) groups is 1. The van der Waals surface area contributed by atoms with Gasteiger partial charge in [-0.05, 0) is 63.1 Å². The molecule has 0 saturated heterocycles. The number of rotatable bonds is 8. The average molecular weight is 461 g/mol. The summed E-state index contributed by atoms with van der Waals surface area (Å²) in [7, 11) is -3.74. The lowest BCUT2D eigenvalue weighted by atomic mass is 10.1. The van der Waals surface area contributed by atoms with Crippen LogP contribution in [0.1, 0.15) is 42.0 Å². The molecule has 32 heavy (non-hydrogen) atoms. The molecule has 3 aromatic rings. The smallest absolute Gasteiger partial charge is 0.249 e. The maximum Gasteiger partial charge on any atom is 0.249 e. The summed E-state index contributed by atoms with van der Waals surface area (Å²) in [6, 6.07) is 8.66. The molecular weight excluding hydrogens is 435 g/mol. The Morgan fingerprint density at radius 2 is 1.75 bits per heavy atom. The van der Waals surface area contributed by atoms with Gasteiger partial charge in [0.25, 0.3) is 0 Å². The number of amides is 1. The van der Waals surface area contributed by atoms with E-state index < -0.39 is 16.1 Å². The van der Waals surface area contributed by atoms with Gasteiger partial charge in [-0.3, -0.25) is 4.79 Å². The number of sulfonamides is 1. The number of nitrogens with zero attached hydrogens (tertiary/aromatic N) is 2. The van der Waals surface area contributed by atoms with Gasteiger partial charge in [0.1, 0.15) is 11.9 Å². The van der Waals surface area contributed by atoms with E-state index >= 15 is 0 Å². The predicted molar refractivity (Wildman–Crippen MR) is 117 cm³/mol. The summed E-state index contributed by atoms with van der Waals surface area (Å²) >= 11 is 0. The Balaban J connectivity index is 1.55. The zero-order chi connectivity index (χ0) is 23.5. The second-order valence-electron chi connectivity index (χ2n) is 7.63. The Hall–Kier alpha value is -3.11.